The molecule has 6 rings (SSSR count). The molecule has 1 heterocycles. The summed E-state index contributed by atoms with van der Waals surface area (Å²) in [6.07, 6.45) is -11.7. The summed E-state index contributed by atoms with van der Waals surface area (Å²) in [5, 5.41) is 16.7. The lowest BCUT2D eigenvalue weighted by molar-refractivity contribution is -0.346. The first kappa shape index (κ1) is 59.9. The predicted octanol–water partition coefficient (Wildman–Crippen LogP) is 8.98. The number of ketones is 1. The number of aliphatic hydroxyl groups is 1. The molecule has 1 aliphatic heterocycles. The molecule has 2 bridgehead atoms. The van der Waals surface area contributed by atoms with Crippen LogP contribution in [0, 0.1) is 16.7 Å². The third-order valence-corrected chi connectivity index (χ3v) is 20.3. The van der Waals surface area contributed by atoms with Gasteiger partial charge in [-0.15, -0.1) is 0 Å². The van der Waals surface area contributed by atoms with Crippen molar-refractivity contribution in [2.24, 2.45) is 16.7 Å². The summed E-state index contributed by atoms with van der Waals surface area (Å²) < 4.78 is 60.9. The number of carbonyl (C=O) groups is 7. The maximum absolute atomic E-state index is 16.4. The second-order valence-electron chi connectivity index (χ2n) is 23.3. The van der Waals surface area contributed by atoms with Gasteiger partial charge < -0.3 is 57.5 Å². The number of amides is 1. The van der Waals surface area contributed by atoms with E-state index in [0.29, 0.717) is 5.56 Å². The van der Waals surface area contributed by atoms with E-state index >= 15 is 9.59 Å². The molecule has 4 aliphatic rings. The largest absolute Gasteiger partial charge is 0.509 e. The highest BCUT2D eigenvalue weighted by atomic mass is 28.4. The zero-order valence-electron chi connectivity index (χ0n) is 46.4. The standard InChI is InChI=1S/C57H75NO18Si/c1-16-28-67-50(64)71-38-30-39-56(32-69-39,74-34(4)59)44-46(73-47(61)36-26-22-19-23-27-36)57(66)31-37(33(3)40(54(57,11)12)42(45(60)55(38,44)13)72-51(65)68-29-17-2)70-48(62)43(76-77(14,15)53(8,9)10)41(35-24-20-18-21-25-35)58-49(63)75-52(5,6)7/h16-27,37-39,41-44,46,66H,1-2,28-32H2,3-15H3,(H,58,63)/t37-,38-,39+,41-,42+,43+,44-,46-,55+,56-,57+/m0/s1. The monoisotopic (exact) mass is 1090 g/mol. The summed E-state index contributed by atoms with van der Waals surface area (Å²) in [4.78, 5) is 102. The quantitative estimate of drug-likeness (QED) is 0.0689. The van der Waals surface area contributed by atoms with Gasteiger partial charge in [-0.05, 0) is 81.6 Å². The van der Waals surface area contributed by atoms with Crippen LogP contribution in [0.15, 0.2) is 97.1 Å². The van der Waals surface area contributed by atoms with Crippen LogP contribution in [0.5, 0.6) is 0 Å². The molecule has 2 aromatic rings. The van der Waals surface area contributed by atoms with Crippen molar-refractivity contribution in [2.75, 3.05) is 19.8 Å². The van der Waals surface area contributed by atoms with Gasteiger partial charge in [0, 0.05) is 25.2 Å². The van der Waals surface area contributed by atoms with Crippen LogP contribution in [0.1, 0.15) is 111 Å². The third kappa shape index (κ3) is 11.9. The van der Waals surface area contributed by atoms with Crippen molar-refractivity contribution < 1.29 is 85.7 Å². The smallest absolute Gasteiger partial charge is 0.456 e. The highest BCUT2D eigenvalue weighted by Crippen LogP contribution is 2.65. The molecule has 2 saturated carbocycles. The number of rotatable bonds is 16. The van der Waals surface area contributed by atoms with Gasteiger partial charge in [0.25, 0.3) is 0 Å². The summed E-state index contributed by atoms with van der Waals surface area (Å²) in [5.41, 5.74) is -8.96. The molecule has 77 heavy (non-hydrogen) atoms. The van der Waals surface area contributed by atoms with E-state index in [2.05, 4.69) is 18.5 Å². The molecule has 420 valence electrons. The normalized spacial score (nSPS) is 28.4. The van der Waals surface area contributed by atoms with E-state index in [1.807, 2.05) is 33.9 Å². The van der Waals surface area contributed by atoms with Crippen LogP contribution in [-0.2, 0) is 61.4 Å². The number of nitrogens with one attached hydrogen (secondary N) is 1. The fourth-order valence-corrected chi connectivity index (χ4v) is 12.1. The van der Waals surface area contributed by atoms with Gasteiger partial charge in [-0.2, -0.15) is 0 Å². The minimum absolute atomic E-state index is 0.0236. The summed E-state index contributed by atoms with van der Waals surface area (Å²) in [6, 6.07) is 15.2. The van der Waals surface area contributed by atoms with Crippen LogP contribution in [0.4, 0.5) is 14.4 Å². The van der Waals surface area contributed by atoms with Gasteiger partial charge >= 0.3 is 36.3 Å². The fourth-order valence-electron chi connectivity index (χ4n) is 10.9. The molecular weight excluding hydrogens is 1010 g/mol. The van der Waals surface area contributed by atoms with Crippen molar-refractivity contribution in [2.45, 2.75) is 167 Å². The van der Waals surface area contributed by atoms with E-state index in [4.69, 9.17) is 47.1 Å². The summed E-state index contributed by atoms with van der Waals surface area (Å²) in [5.74, 6) is -5.53. The number of esters is 3. The van der Waals surface area contributed by atoms with Crippen molar-refractivity contribution in [1.82, 2.24) is 5.32 Å². The first-order valence-corrected chi connectivity index (χ1v) is 28.6. The molecule has 3 aliphatic carbocycles. The molecule has 0 aromatic heterocycles. The van der Waals surface area contributed by atoms with E-state index in [1.54, 1.807) is 83.1 Å². The minimum Gasteiger partial charge on any atom is -0.456 e. The number of benzene rings is 2. The maximum atomic E-state index is 16.4. The molecule has 19 nitrogen and oxygen atoms in total. The van der Waals surface area contributed by atoms with Gasteiger partial charge in [0.05, 0.1) is 29.5 Å². The van der Waals surface area contributed by atoms with Crippen LogP contribution in [0.25, 0.3) is 0 Å². The van der Waals surface area contributed by atoms with E-state index in [-0.39, 0.29) is 36.3 Å². The Morgan fingerprint density at radius 3 is 1.95 bits per heavy atom. The molecular formula is C57H75NO18Si. The lowest BCUT2D eigenvalue weighted by Gasteiger charge is -2.67. The lowest BCUT2D eigenvalue weighted by atomic mass is 9.44. The summed E-state index contributed by atoms with van der Waals surface area (Å²) in [7, 11) is -3.02. The van der Waals surface area contributed by atoms with Crippen LogP contribution in [0.3, 0.4) is 0 Å². The first-order valence-electron chi connectivity index (χ1n) is 25.7. The predicted molar refractivity (Wildman–Crippen MR) is 280 cm³/mol. The van der Waals surface area contributed by atoms with Gasteiger partial charge in [-0.25, -0.2) is 24.0 Å². The first-order chi connectivity index (χ1) is 35.8. The van der Waals surface area contributed by atoms with Gasteiger partial charge in [-0.1, -0.05) is 108 Å². The van der Waals surface area contributed by atoms with Gasteiger partial charge in [0.1, 0.15) is 48.8 Å². The zero-order chi connectivity index (χ0) is 57.3. The molecule has 1 saturated heterocycles. The van der Waals surface area contributed by atoms with Gasteiger partial charge in [0.15, 0.2) is 31.9 Å². The number of fused-ring (bicyclic) bond motifs is 5. The second-order valence-corrected chi connectivity index (χ2v) is 28.1. The highest BCUT2D eigenvalue weighted by Gasteiger charge is 2.79. The molecule has 20 heteroatoms. The molecule has 11 atom stereocenters. The van der Waals surface area contributed by atoms with E-state index in [0.717, 1.165) is 6.92 Å². The SMILES string of the molecule is C=CCOC(=O)O[C@H]1C(=O)[C@]2(C)[C@@H](OC(=O)OCC=C)C[C@H]3OC[C@@]3(OC(C)=O)[C@H]2[C@H](OC(=O)c2ccccc2)[C@]2(O)C[C@H](OC(=O)[C@H](O[Si](C)(C)C(C)(C)C)[C@@H](NC(=O)OC(C)(C)C)c3ccccc3)C(C)=C1C2(C)C. The average Bonchev–Trinajstić information content (AvgIpc) is 3.37. The Balaban J connectivity index is 1.66. The van der Waals surface area contributed by atoms with Crippen LogP contribution in [-0.4, -0.2) is 129 Å². The van der Waals surface area contributed by atoms with Crippen LogP contribution in [0.2, 0.25) is 18.1 Å². The van der Waals surface area contributed by atoms with Crippen molar-refractivity contribution in [3.63, 3.8) is 0 Å². The maximum Gasteiger partial charge on any atom is 0.509 e. The fraction of sp³-hybridized carbons (Fsp3) is 0.561. The molecule has 2 N–H and O–H groups in total. The molecule has 1 amide bonds. The van der Waals surface area contributed by atoms with Crippen molar-refractivity contribution in [3.05, 3.63) is 108 Å². The Kier molecular flexibility index (Phi) is 17.5. The Morgan fingerprint density at radius 2 is 1.43 bits per heavy atom. The minimum atomic E-state index is -3.02. The topological polar surface area (TPSA) is 244 Å². The van der Waals surface area contributed by atoms with Gasteiger partial charge in [0.2, 0.25) is 0 Å². The van der Waals surface area contributed by atoms with Gasteiger partial charge in [-0.3, -0.25) is 9.59 Å². The molecule has 2 aromatic carbocycles. The Bertz CT molecular complexity index is 2620. The van der Waals surface area contributed by atoms with Crippen molar-refractivity contribution >= 4 is 50.4 Å². The molecule has 0 radical (unpaired) electrons. The summed E-state index contributed by atoms with van der Waals surface area (Å²) in [6.45, 7) is 28.1. The average molecular weight is 1090 g/mol. The van der Waals surface area contributed by atoms with Crippen molar-refractivity contribution in [3.8, 4) is 0 Å². The number of alkyl carbamates (subject to hydrolysis) is 1. The highest BCUT2D eigenvalue weighted by molar-refractivity contribution is 6.74. The Labute approximate surface area is 451 Å². The number of Topliss-reactive ketones (excluding diaryl/α,β-unsaturated/α-hetero) is 1. The molecule has 0 spiro atoms. The lowest BCUT2D eigenvalue weighted by Crippen LogP contribution is -2.82. The Morgan fingerprint density at radius 1 is 0.857 bits per heavy atom. The zero-order valence-corrected chi connectivity index (χ0v) is 47.4. The van der Waals surface area contributed by atoms with Crippen LogP contribution >= 0.6 is 0 Å². The van der Waals surface area contributed by atoms with E-state index < -0.39 is 145 Å². The number of hydrogen-bond acceptors (Lipinski definition) is 18. The molecule has 3 fully saturated rings. The number of hydrogen-bond donors (Lipinski definition) is 2. The van der Waals surface area contributed by atoms with E-state index in [9.17, 15) is 29.1 Å². The van der Waals surface area contributed by atoms with Crippen LogP contribution < -0.4 is 5.32 Å². The summed E-state index contributed by atoms with van der Waals surface area (Å²) >= 11 is 0. The van der Waals surface area contributed by atoms with E-state index in [1.165, 1.54) is 38.1 Å². The van der Waals surface area contributed by atoms with Crippen molar-refractivity contribution in [1.29, 1.82) is 0 Å². The Hall–Kier alpha value is -6.35. The number of ether oxygens (including phenoxy) is 9. The molecule has 0 unspecified atom stereocenters. The third-order valence-electron chi connectivity index (χ3n) is 15.8. The number of carbonyl (C=O) groups excluding carboxylic acids is 7. The second kappa shape index (κ2) is 22.5.